The second-order valence-electron chi connectivity index (χ2n) is 3.11. The standard InChI is InChI=1S/C9H12O4S/c1-7(2)13-8-3-5-9(6-4-8)14(10,11)12/h3-7H,1-2H3,(H,10,11,12). The van der Waals surface area contributed by atoms with Crippen molar-refractivity contribution in [3.05, 3.63) is 24.3 Å². The van der Waals surface area contributed by atoms with Gasteiger partial charge in [0.15, 0.2) is 0 Å². The van der Waals surface area contributed by atoms with Crippen LogP contribution in [0.5, 0.6) is 5.75 Å². The Hall–Kier alpha value is -1.07. The van der Waals surface area contributed by atoms with Crippen molar-refractivity contribution >= 4 is 10.1 Å². The van der Waals surface area contributed by atoms with Crippen molar-refractivity contribution < 1.29 is 17.7 Å². The predicted octanol–water partition coefficient (Wildman–Crippen LogP) is 1.72. The summed E-state index contributed by atoms with van der Waals surface area (Å²) in [6, 6.07) is 5.60. The number of rotatable bonds is 3. The minimum Gasteiger partial charge on any atom is -0.491 e. The molecule has 14 heavy (non-hydrogen) atoms. The maximum Gasteiger partial charge on any atom is 0.294 e. The highest BCUT2D eigenvalue weighted by molar-refractivity contribution is 7.85. The predicted molar refractivity (Wildman–Crippen MR) is 52.0 cm³/mol. The van der Waals surface area contributed by atoms with Crippen molar-refractivity contribution in [3.63, 3.8) is 0 Å². The summed E-state index contributed by atoms with van der Waals surface area (Å²) in [6.07, 6.45) is 0.0339. The van der Waals surface area contributed by atoms with Gasteiger partial charge in [-0.3, -0.25) is 4.55 Å². The molecule has 0 atom stereocenters. The van der Waals surface area contributed by atoms with E-state index in [1.807, 2.05) is 13.8 Å². The fourth-order valence-corrected chi connectivity index (χ4v) is 1.44. The highest BCUT2D eigenvalue weighted by Gasteiger charge is 2.08. The summed E-state index contributed by atoms with van der Waals surface area (Å²) in [5, 5.41) is 0. The van der Waals surface area contributed by atoms with E-state index in [0.717, 1.165) is 0 Å². The van der Waals surface area contributed by atoms with E-state index in [9.17, 15) is 8.42 Å². The van der Waals surface area contributed by atoms with E-state index < -0.39 is 10.1 Å². The molecule has 4 nitrogen and oxygen atoms in total. The Labute approximate surface area is 83.3 Å². The Kier molecular flexibility index (Phi) is 3.13. The van der Waals surface area contributed by atoms with Crippen LogP contribution >= 0.6 is 0 Å². The molecule has 0 aromatic heterocycles. The minimum atomic E-state index is -4.10. The summed E-state index contributed by atoms with van der Waals surface area (Å²) in [7, 11) is -4.10. The van der Waals surface area contributed by atoms with Crippen molar-refractivity contribution in [2.75, 3.05) is 0 Å². The maximum absolute atomic E-state index is 10.7. The van der Waals surface area contributed by atoms with E-state index in [-0.39, 0.29) is 11.0 Å². The van der Waals surface area contributed by atoms with E-state index in [2.05, 4.69) is 0 Å². The van der Waals surface area contributed by atoms with Crippen molar-refractivity contribution in [1.82, 2.24) is 0 Å². The molecule has 1 aromatic carbocycles. The molecule has 1 aromatic rings. The van der Waals surface area contributed by atoms with Crippen LogP contribution in [-0.2, 0) is 10.1 Å². The lowest BCUT2D eigenvalue weighted by Crippen LogP contribution is -2.05. The first kappa shape index (κ1) is 11.0. The van der Waals surface area contributed by atoms with Gasteiger partial charge < -0.3 is 4.74 Å². The molecule has 0 spiro atoms. The second-order valence-corrected chi connectivity index (χ2v) is 4.53. The quantitative estimate of drug-likeness (QED) is 0.781. The molecule has 0 saturated carbocycles. The van der Waals surface area contributed by atoms with Crippen molar-refractivity contribution in [1.29, 1.82) is 0 Å². The van der Waals surface area contributed by atoms with Gasteiger partial charge in [-0.25, -0.2) is 0 Å². The summed E-state index contributed by atoms with van der Waals surface area (Å²) in [5.41, 5.74) is 0. The highest BCUT2D eigenvalue weighted by atomic mass is 32.2. The summed E-state index contributed by atoms with van der Waals surface area (Å²) < 4.78 is 35.4. The van der Waals surface area contributed by atoms with Crippen LogP contribution < -0.4 is 4.74 Å². The molecule has 1 N–H and O–H groups in total. The van der Waals surface area contributed by atoms with Gasteiger partial charge in [0.25, 0.3) is 10.1 Å². The van der Waals surface area contributed by atoms with Crippen LogP contribution in [0.3, 0.4) is 0 Å². The van der Waals surface area contributed by atoms with Gasteiger partial charge in [0.2, 0.25) is 0 Å². The lowest BCUT2D eigenvalue weighted by molar-refractivity contribution is 0.242. The number of ether oxygens (including phenoxy) is 1. The van der Waals surface area contributed by atoms with Gasteiger partial charge in [0.05, 0.1) is 11.0 Å². The van der Waals surface area contributed by atoms with Gasteiger partial charge in [0.1, 0.15) is 5.75 Å². The van der Waals surface area contributed by atoms with E-state index in [1.165, 1.54) is 24.3 Å². The molecule has 0 aliphatic carbocycles. The molecule has 1 rings (SSSR count). The normalized spacial score (nSPS) is 11.7. The molecular formula is C9H12O4S. The molecule has 0 amide bonds. The second kappa shape index (κ2) is 3.98. The number of hydrogen-bond acceptors (Lipinski definition) is 3. The third-order valence-electron chi connectivity index (χ3n) is 1.49. The van der Waals surface area contributed by atoms with Crippen molar-refractivity contribution in [2.24, 2.45) is 0 Å². The van der Waals surface area contributed by atoms with Crippen LogP contribution in [0, 0.1) is 0 Å². The molecule has 0 aliphatic heterocycles. The smallest absolute Gasteiger partial charge is 0.294 e. The first-order valence-electron chi connectivity index (χ1n) is 4.14. The lowest BCUT2D eigenvalue weighted by Gasteiger charge is -2.09. The molecule has 0 radical (unpaired) electrons. The first-order valence-corrected chi connectivity index (χ1v) is 5.58. The Morgan fingerprint density at radius 1 is 1.21 bits per heavy atom. The van der Waals surface area contributed by atoms with Gasteiger partial charge in [-0.05, 0) is 38.1 Å². The first-order chi connectivity index (χ1) is 6.39. The lowest BCUT2D eigenvalue weighted by atomic mass is 10.3. The molecule has 78 valence electrons. The van der Waals surface area contributed by atoms with Crippen LogP contribution in [0.25, 0.3) is 0 Å². The number of benzene rings is 1. The summed E-state index contributed by atoms with van der Waals surface area (Å²) in [5.74, 6) is 0.576. The summed E-state index contributed by atoms with van der Waals surface area (Å²) in [6.45, 7) is 3.74. The highest BCUT2D eigenvalue weighted by Crippen LogP contribution is 2.16. The molecule has 5 heteroatoms. The average molecular weight is 216 g/mol. The molecule has 0 aliphatic rings. The molecule has 0 saturated heterocycles. The third-order valence-corrected chi connectivity index (χ3v) is 2.36. The minimum absolute atomic E-state index is 0.0339. The molecule has 0 heterocycles. The average Bonchev–Trinajstić information content (AvgIpc) is 2.02. The molecular weight excluding hydrogens is 204 g/mol. The van der Waals surface area contributed by atoms with E-state index in [4.69, 9.17) is 9.29 Å². The van der Waals surface area contributed by atoms with Crippen molar-refractivity contribution in [3.8, 4) is 5.75 Å². The monoisotopic (exact) mass is 216 g/mol. The van der Waals surface area contributed by atoms with Gasteiger partial charge in [-0.15, -0.1) is 0 Å². The fraction of sp³-hybridized carbons (Fsp3) is 0.333. The number of hydrogen-bond donors (Lipinski definition) is 1. The van der Waals surface area contributed by atoms with E-state index in [1.54, 1.807) is 0 Å². The Bertz CT molecular complexity index is 391. The van der Waals surface area contributed by atoms with Crippen LogP contribution in [0.4, 0.5) is 0 Å². The Morgan fingerprint density at radius 3 is 2.07 bits per heavy atom. The van der Waals surface area contributed by atoms with Crippen LogP contribution in [0.2, 0.25) is 0 Å². The fourth-order valence-electron chi connectivity index (χ4n) is 0.962. The van der Waals surface area contributed by atoms with Crippen molar-refractivity contribution in [2.45, 2.75) is 24.8 Å². The molecule has 0 fully saturated rings. The molecule has 0 bridgehead atoms. The van der Waals surface area contributed by atoms with E-state index in [0.29, 0.717) is 5.75 Å². The maximum atomic E-state index is 10.7. The zero-order valence-electron chi connectivity index (χ0n) is 7.97. The van der Waals surface area contributed by atoms with Crippen LogP contribution in [0.15, 0.2) is 29.2 Å². The van der Waals surface area contributed by atoms with Gasteiger partial charge in [0, 0.05) is 0 Å². The SMILES string of the molecule is CC(C)Oc1ccc(S(=O)(=O)O)cc1. The zero-order valence-corrected chi connectivity index (χ0v) is 8.78. The van der Waals surface area contributed by atoms with Crippen LogP contribution in [-0.4, -0.2) is 19.1 Å². The Balaban J connectivity index is 2.90. The topological polar surface area (TPSA) is 63.6 Å². The molecule has 0 unspecified atom stereocenters. The van der Waals surface area contributed by atoms with Crippen LogP contribution in [0.1, 0.15) is 13.8 Å². The van der Waals surface area contributed by atoms with Gasteiger partial charge in [-0.2, -0.15) is 8.42 Å². The third kappa shape index (κ3) is 3.01. The Morgan fingerprint density at radius 2 is 1.71 bits per heavy atom. The summed E-state index contributed by atoms with van der Waals surface area (Å²) >= 11 is 0. The zero-order chi connectivity index (χ0) is 10.8. The van der Waals surface area contributed by atoms with Gasteiger partial charge in [-0.1, -0.05) is 0 Å². The summed E-state index contributed by atoms with van der Waals surface area (Å²) in [4.78, 5) is -0.131. The van der Waals surface area contributed by atoms with Gasteiger partial charge >= 0.3 is 0 Å². The van der Waals surface area contributed by atoms with E-state index >= 15 is 0 Å². The largest absolute Gasteiger partial charge is 0.491 e.